The molecule has 3 rings (SSSR count). The minimum absolute atomic E-state index is 0.0413. The van der Waals surface area contributed by atoms with Crippen molar-refractivity contribution in [3.05, 3.63) is 0 Å². The van der Waals surface area contributed by atoms with Gasteiger partial charge < -0.3 is 9.47 Å². The van der Waals surface area contributed by atoms with Crippen LogP contribution in [0.5, 0.6) is 0 Å². The van der Waals surface area contributed by atoms with Crippen LogP contribution in [0.3, 0.4) is 0 Å². The fraction of sp³-hybridized carbons (Fsp3) is 0.917. The van der Waals surface area contributed by atoms with Gasteiger partial charge in [0.1, 0.15) is 5.60 Å². The van der Waals surface area contributed by atoms with E-state index < -0.39 is 5.60 Å². The standard InChI is InChI=1S/C12H17BrO3/c13-9-3-6-11(4-1-7-15-11)12(10(9)14)5-2-8-16-12/h9H,1-8H2/t9-,11-,12-/m1/s1. The molecule has 2 aliphatic heterocycles. The molecule has 3 fully saturated rings. The molecule has 1 aliphatic carbocycles. The highest BCUT2D eigenvalue weighted by Crippen LogP contribution is 2.52. The zero-order chi connectivity index (χ0) is 11.2. The van der Waals surface area contributed by atoms with Crippen molar-refractivity contribution in [3.8, 4) is 0 Å². The maximum absolute atomic E-state index is 12.5. The summed E-state index contributed by atoms with van der Waals surface area (Å²) in [5.74, 6) is 0.221. The highest BCUT2D eigenvalue weighted by molar-refractivity contribution is 9.10. The van der Waals surface area contributed by atoms with Gasteiger partial charge in [-0.2, -0.15) is 0 Å². The first-order valence-corrected chi connectivity index (χ1v) is 7.08. The topological polar surface area (TPSA) is 35.5 Å². The summed E-state index contributed by atoms with van der Waals surface area (Å²) in [4.78, 5) is 12.4. The third-order valence-electron chi connectivity index (χ3n) is 4.35. The van der Waals surface area contributed by atoms with Crippen molar-refractivity contribution in [3.63, 3.8) is 0 Å². The molecule has 0 N–H and O–H groups in total. The van der Waals surface area contributed by atoms with Crippen LogP contribution in [-0.2, 0) is 14.3 Å². The normalized spacial score (nSPS) is 48.3. The predicted molar refractivity (Wildman–Crippen MR) is 62.8 cm³/mol. The molecule has 2 spiro atoms. The third-order valence-corrected chi connectivity index (χ3v) is 5.22. The molecule has 0 bridgehead atoms. The lowest BCUT2D eigenvalue weighted by molar-refractivity contribution is -0.190. The van der Waals surface area contributed by atoms with Crippen molar-refractivity contribution in [2.75, 3.05) is 13.2 Å². The minimum Gasteiger partial charge on any atom is -0.371 e. The molecule has 0 amide bonds. The van der Waals surface area contributed by atoms with Crippen LogP contribution in [0.2, 0.25) is 0 Å². The average Bonchev–Trinajstić information content (AvgIpc) is 2.93. The van der Waals surface area contributed by atoms with E-state index >= 15 is 0 Å². The van der Waals surface area contributed by atoms with E-state index in [0.717, 1.165) is 45.1 Å². The van der Waals surface area contributed by atoms with E-state index in [-0.39, 0.29) is 16.2 Å². The molecule has 1 saturated carbocycles. The lowest BCUT2D eigenvalue weighted by Crippen LogP contribution is -2.63. The van der Waals surface area contributed by atoms with Crippen LogP contribution in [0.4, 0.5) is 0 Å². The Morgan fingerprint density at radius 2 is 1.88 bits per heavy atom. The molecule has 2 saturated heterocycles. The molecule has 3 nitrogen and oxygen atoms in total. The SMILES string of the molecule is O=C1[C@H](Br)CC[C@]2(CCCO2)[C@@]12CCCO2. The van der Waals surface area contributed by atoms with Crippen molar-refractivity contribution in [1.29, 1.82) is 0 Å². The highest BCUT2D eigenvalue weighted by atomic mass is 79.9. The van der Waals surface area contributed by atoms with Crippen LogP contribution < -0.4 is 0 Å². The highest BCUT2D eigenvalue weighted by Gasteiger charge is 2.64. The first kappa shape index (κ1) is 11.2. The predicted octanol–water partition coefficient (Wildman–Crippen LogP) is 2.21. The molecule has 90 valence electrons. The Balaban J connectivity index is 2.01. The van der Waals surface area contributed by atoms with E-state index in [1.165, 1.54) is 0 Å². The number of carbonyl (C=O) groups excluding carboxylic acids is 1. The van der Waals surface area contributed by atoms with Crippen molar-refractivity contribution >= 4 is 21.7 Å². The summed E-state index contributed by atoms with van der Waals surface area (Å²) < 4.78 is 11.9. The number of hydrogen-bond donors (Lipinski definition) is 0. The average molecular weight is 289 g/mol. The molecule has 0 aromatic rings. The van der Waals surface area contributed by atoms with Crippen LogP contribution in [0.25, 0.3) is 0 Å². The van der Waals surface area contributed by atoms with Gasteiger partial charge in [0.25, 0.3) is 0 Å². The van der Waals surface area contributed by atoms with E-state index in [1.54, 1.807) is 0 Å². The smallest absolute Gasteiger partial charge is 0.181 e. The summed E-state index contributed by atoms with van der Waals surface area (Å²) in [7, 11) is 0. The maximum atomic E-state index is 12.5. The Bertz CT molecular complexity index is 303. The van der Waals surface area contributed by atoms with Crippen molar-refractivity contribution in [2.45, 2.75) is 54.6 Å². The van der Waals surface area contributed by atoms with Gasteiger partial charge in [0.2, 0.25) is 0 Å². The fourth-order valence-corrected chi connectivity index (χ4v) is 4.18. The van der Waals surface area contributed by atoms with Crippen molar-refractivity contribution < 1.29 is 14.3 Å². The van der Waals surface area contributed by atoms with Crippen LogP contribution in [0.15, 0.2) is 0 Å². The Labute approximate surface area is 104 Å². The van der Waals surface area contributed by atoms with Gasteiger partial charge in [-0.15, -0.1) is 0 Å². The summed E-state index contributed by atoms with van der Waals surface area (Å²) in [5, 5.41) is 0. The lowest BCUT2D eigenvalue weighted by Gasteiger charge is -2.48. The molecule has 0 unspecified atom stereocenters. The molecule has 0 radical (unpaired) electrons. The number of ketones is 1. The van der Waals surface area contributed by atoms with E-state index in [4.69, 9.17) is 9.47 Å². The van der Waals surface area contributed by atoms with Gasteiger partial charge in [-0.25, -0.2) is 0 Å². The van der Waals surface area contributed by atoms with E-state index in [9.17, 15) is 4.79 Å². The summed E-state index contributed by atoms with van der Waals surface area (Å²) in [6.07, 6.45) is 5.70. The number of fused-ring (bicyclic) bond motifs is 1. The van der Waals surface area contributed by atoms with Crippen LogP contribution in [-0.4, -0.2) is 35.0 Å². The first-order valence-electron chi connectivity index (χ1n) is 6.17. The number of carbonyl (C=O) groups is 1. The number of rotatable bonds is 0. The zero-order valence-corrected chi connectivity index (χ0v) is 10.9. The summed E-state index contributed by atoms with van der Waals surface area (Å²) in [5.41, 5.74) is -0.930. The second kappa shape index (κ2) is 3.79. The maximum Gasteiger partial charge on any atom is 0.181 e. The molecule has 3 atom stereocenters. The summed E-state index contributed by atoms with van der Waals surface area (Å²) in [6.45, 7) is 1.49. The molecule has 3 aliphatic rings. The zero-order valence-electron chi connectivity index (χ0n) is 9.34. The van der Waals surface area contributed by atoms with Crippen LogP contribution >= 0.6 is 15.9 Å². The molecule has 0 aromatic carbocycles. The van der Waals surface area contributed by atoms with Gasteiger partial charge in [-0.1, -0.05) is 15.9 Å². The Kier molecular flexibility index (Phi) is 2.64. The van der Waals surface area contributed by atoms with Gasteiger partial charge in [0.05, 0.1) is 4.83 Å². The van der Waals surface area contributed by atoms with Gasteiger partial charge in [-0.05, 0) is 38.5 Å². The van der Waals surface area contributed by atoms with Crippen molar-refractivity contribution in [2.24, 2.45) is 0 Å². The monoisotopic (exact) mass is 288 g/mol. The Hall–Kier alpha value is 0.0700. The molecule has 2 heterocycles. The second-order valence-electron chi connectivity index (χ2n) is 5.10. The van der Waals surface area contributed by atoms with Crippen LogP contribution in [0, 0.1) is 0 Å². The molecule has 4 heteroatoms. The third kappa shape index (κ3) is 1.30. The quantitative estimate of drug-likeness (QED) is 0.641. The lowest BCUT2D eigenvalue weighted by atomic mass is 9.68. The summed E-state index contributed by atoms with van der Waals surface area (Å²) >= 11 is 3.48. The number of ether oxygens (including phenoxy) is 2. The first-order chi connectivity index (χ1) is 7.70. The summed E-state index contributed by atoms with van der Waals surface area (Å²) in [6, 6.07) is 0. The molecule has 0 aromatic heterocycles. The number of halogens is 1. The largest absolute Gasteiger partial charge is 0.371 e. The van der Waals surface area contributed by atoms with Gasteiger partial charge in [0.15, 0.2) is 11.4 Å². The fourth-order valence-electron chi connectivity index (χ4n) is 3.58. The molecular weight excluding hydrogens is 272 g/mol. The number of alkyl halides is 1. The minimum atomic E-state index is -0.629. The molecular formula is C12H17BrO3. The second-order valence-corrected chi connectivity index (χ2v) is 6.20. The van der Waals surface area contributed by atoms with E-state index in [1.807, 2.05) is 0 Å². The number of hydrogen-bond acceptors (Lipinski definition) is 3. The van der Waals surface area contributed by atoms with Gasteiger partial charge in [-0.3, -0.25) is 4.79 Å². The Morgan fingerprint density at radius 3 is 2.50 bits per heavy atom. The molecule has 16 heavy (non-hydrogen) atoms. The van der Waals surface area contributed by atoms with Crippen LogP contribution in [0.1, 0.15) is 38.5 Å². The Morgan fingerprint density at radius 1 is 1.12 bits per heavy atom. The van der Waals surface area contributed by atoms with Crippen molar-refractivity contribution in [1.82, 2.24) is 0 Å². The number of Topliss-reactive ketones (excluding diaryl/α,β-unsaturated/α-hetero) is 1. The van der Waals surface area contributed by atoms with Gasteiger partial charge in [0, 0.05) is 13.2 Å². The van der Waals surface area contributed by atoms with Gasteiger partial charge >= 0.3 is 0 Å². The van der Waals surface area contributed by atoms with E-state index in [0.29, 0.717) is 6.61 Å². The van der Waals surface area contributed by atoms with E-state index in [2.05, 4.69) is 15.9 Å².